The van der Waals surface area contributed by atoms with Gasteiger partial charge in [-0.2, -0.15) is 0 Å². The SMILES string of the molecule is Cc1[nH]c(CCc2ccncc2)c(C)c1CCC(=O)O. The molecule has 20 heavy (non-hydrogen) atoms. The van der Waals surface area contributed by atoms with Gasteiger partial charge in [-0.15, -0.1) is 0 Å². The molecule has 2 rings (SSSR count). The van der Waals surface area contributed by atoms with Crippen LogP contribution in [0.15, 0.2) is 24.5 Å². The van der Waals surface area contributed by atoms with Gasteiger partial charge in [0.05, 0.1) is 0 Å². The summed E-state index contributed by atoms with van der Waals surface area (Å²) >= 11 is 0. The van der Waals surface area contributed by atoms with Crippen LogP contribution in [0.1, 0.15) is 34.5 Å². The van der Waals surface area contributed by atoms with Crippen LogP contribution >= 0.6 is 0 Å². The second-order valence-electron chi connectivity index (χ2n) is 5.08. The van der Waals surface area contributed by atoms with Crippen molar-refractivity contribution < 1.29 is 9.90 Å². The monoisotopic (exact) mass is 272 g/mol. The van der Waals surface area contributed by atoms with Crippen LogP contribution in [0.3, 0.4) is 0 Å². The third-order valence-electron chi connectivity index (χ3n) is 3.70. The first-order chi connectivity index (χ1) is 9.58. The molecule has 0 atom stereocenters. The fraction of sp³-hybridized carbons (Fsp3) is 0.375. The fourth-order valence-electron chi connectivity index (χ4n) is 2.53. The molecule has 0 aliphatic rings. The number of carboxylic acid groups (broad SMARTS) is 1. The van der Waals surface area contributed by atoms with Crippen LogP contribution < -0.4 is 0 Å². The summed E-state index contributed by atoms with van der Waals surface area (Å²) in [5.74, 6) is -0.747. The topological polar surface area (TPSA) is 66.0 Å². The maximum atomic E-state index is 10.7. The molecular weight excluding hydrogens is 252 g/mol. The first-order valence-corrected chi connectivity index (χ1v) is 6.85. The van der Waals surface area contributed by atoms with Gasteiger partial charge in [0.25, 0.3) is 0 Å². The summed E-state index contributed by atoms with van der Waals surface area (Å²) in [6.07, 6.45) is 6.29. The van der Waals surface area contributed by atoms with E-state index in [2.05, 4.69) is 16.9 Å². The van der Waals surface area contributed by atoms with E-state index in [4.69, 9.17) is 5.11 Å². The summed E-state index contributed by atoms with van der Waals surface area (Å²) < 4.78 is 0. The highest BCUT2D eigenvalue weighted by Crippen LogP contribution is 2.21. The van der Waals surface area contributed by atoms with Gasteiger partial charge in [-0.25, -0.2) is 0 Å². The number of aromatic nitrogens is 2. The minimum Gasteiger partial charge on any atom is -0.481 e. The molecule has 0 unspecified atom stereocenters. The molecule has 2 N–H and O–H groups in total. The van der Waals surface area contributed by atoms with E-state index in [-0.39, 0.29) is 6.42 Å². The van der Waals surface area contributed by atoms with E-state index in [0.29, 0.717) is 6.42 Å². The molecule has 0 saturated heterocycles. The zero-order chi connectivity index (χ0) is 14.5. The summed E-state index contributed by atoms with van der Waals surface area (Å²) in [5, 5.41) is 8.80. The molecule has 2 aromatic heterocycles. The normalized spacial score (nSPS) is 10.7. The van der Waals surface area contributed by atoms with Crippen molar-refractivity contribution in [2.45, 2.75) is 39.5 Å². The number of aliphatic carboxylic acids is 1. The molecule has 4 nitrogen and oxygen atoms in total. The Morgan fingerprint density at radius 2 is 1.90 bits per heavy atom. The highest BCUT2D eigenvalue weighted by molar-refractivity contribution is 5.67. The van der Waals surface area contributed by atoms with Crippen molar-refractivity contribution >= 4 is 5.97 Å². The fourth-order valence-corrected chi connectivity index (χ4v) is 2.53. The van der Waals surface area contributed by atoms with Gasteiger partial charge in [0.15, 0.2) is 0 Å². The van der Waals surface area contributed by atoms with Crippen molar-refractivity contribution in [1.82, 2.24) is 9.97 Å². The standard InChI is InChI=1S/C16H20N2O2/c1-11-14(4-6-16(19)20)12(2)18-15(11)5-3-13-7-9-17-10-8-13/h7-10,18H,3-6H2,1-2H3,(H,19,20). The Bertz CT molecular complexity index is 588. The van der Waals surface area contributed by atoms with E-state index in [9.17, 15) is 4.79 Å². The van der Waals surface area contributed by atoms with E-state index in [1.165, 1.54) is 16.8 Å². The maximum Gasteiger partial charge on any atom is 0.303 e. The Morgan fingerprint density at radius 1 is 1.20 bits per heavy atom. The summed E-state index contributed by atoms with van der Waals surface area (Å²) in [7, 11) is 0. The predicted molar refractivity (Wildman–Crippen MR) is 77.9 cm³/mol. The highest BCUT2D eigenvalue weighted by atomic mass is 16.4. The molecule has 0 saturated carbocycles. The van der Waals surface area contributed by atoms with Crippen LogP contribution in [0.25, 0.3) is 0 Å². The third-order valence-corrected chi connectivity index (χ3v) is 3.70. The van der Waals surface area contributed by atoms with Crippen molar-refractivity contribution in [2.24, 2.45) is 0 Å². The Hall–Kier alpha value is -2.10. The van der Waals surface area contributed by atoms with Gasteiger partial charge in [0.2, 0.25) is 0 Å². The van der Waals surface area contributed by atoms with Gasteiger partial charge in [0, 0.05) is 30.2 Å². The molecule has 0 radical (unpaired) electrons. The minimum atomic E-state index is -0.747. The average molecular weight is 272 g/mol. The minimum absolute atomic E-state index is 0.184. The zero-order valence-electron chi connectivity index (χ0n) is 11.9. The van der Waals surface area contributed by atoms with Gasteiger partial charge in [-0.3, -0.25) is 9.78 Å². The van der Waals surface area contributed by atoms with Gasteiger partial charge < -0.3 is 10.1 Å². The lowest BCUT2D eigenvalue weighted by Gasteiger charge is -2.02. The number of aromatic amines is 1. The summed E-state index contributed by atoms with van der Waals surface area (Å²) in [5.41, 5.74) is 5.92. The number of nitrogens with zero attached hydrogens (tertiary/aromatic N) is 1. The van der Waals surface area contributed by atoms with Crippen LogP contribution in [0.5, 0.6) is 0 Å². The summed E-state index contributed by atoms with van der Waals surface area (Å²) in [6, 6.07) is 4.05. The van der Waals surface area contributed by atoms with Crippen LogP contribution in [0, 0.1) is 13.8 Å². The van der Waals surface area contributed by atoms with Crippen LogP contribution in [0.4, 0.5) is 0 Å². The Morgan fingerprint density at radius 3 is 2.55 bits per heavy atom. The second-order valence-corrected chi connectivity index (χ2v) is 5.08. The Balaban J connectivity index is 2.05. The van der Waals surface area contributed by atoms with Gasteiger partial charge >= 0.3 is 5.97 Å². The number of carbonyl (C=O) groups is 1. The number of pyridine rings is 1. The van der Waals surface area contributed by atoms with Crippen molar-refractivity contribution in [2.75, 3.05) is 0 Å². The van der Waals surface area contributed by atoms with Crippen molar-refractivity contribution in [1.29, 1.82) is 0 Å². The lowest BCUT2D eigenvalue weighted by Crippen LogP contribution is -1.99. The van der Waals surface area contributed by atoms with E-state index in [0.717, 1.165) is 24.1 Å². The molecule has 0 spiro atoms. The number of aryl methyl sites for hydroxylation is 3. The molecule has 106 valence electrons. The highest BCUT2D eigenvalue weighted by Gasteiger charge is 2.12. The number of carboxylic acids is 1. The van der Waals surface area contributed by atoms with Crippen LogP contribution in [0.2, 0.25) is 0 Å². The largest absolute Gasteiger partial charge is 0.481 e. The second kappa shape index (κ2) is 6.37. The zero-order valence-corrected chi connectivity index (χ0v) is 11.9. The molecule has 0 bridgehead atoms. The first-order valence-electron chi connectivity index (χ1n) is 6.85. The van der Waals surface area contributed by atoms with Gasteiger partial charge in [0.1, 0.15) is 0 Å². The quantitative estimate of drug-likeness (QED) is 0.849. The molecule has 4 heteroatoms. The molecule has 0 fully saturated rings. The predicted octanol–water partition coefficient (Wildman–Crippen LogP) is 2.83. The third kappa shape index (κ3) is 3.47. The van der Waals surface area contributed by atoms with E-state index in [1.807, 2.05) is 19.1 Å². The molecule has 2 heterocycles. The lowest BCUT2D eigenvalue weighted by molar-refractivity contribution is -0.136. The van der Waals surface area contributed by atoms with Crippen LogP contribution in [-0.2, 0) is 24.1 Å². The molecule has 0 aromatic carbocycles. The van der Waals surface area contributed by atoms with E-state index >= 15 is 0 Å². The maximum absolute atomic E-state index is 10.7. The molecule has 0 aliphatic heterocycles. The molecule has 2 aromatic rings. The smallest absolute Gasteiger partial charge is 0.303 e. The van der Waals surface area contributed by atoms with Crippen molar-refractivity contribution in [3.05, 3.63) is 52.6 Å². The molecule has 0 aliphatic carbocycles. The number of hydrogen-bond donors (Lipinski definition) is 2. The van der Waals surface area contributed by atoms with Crippen molar-refractivity contribution in [3.8, 4) is 0 Å². The summed E-state index contributed by atoms with van der Waals surface area (Å²) in [4.78, 5) is 18.1. The molecular formula is C16H20N2O2. The number of hydrogen-bond acceptors (Lipinski definition) is 2. The van der Waals surface area contributed by atoms with E-state index < -0.39 is 5.97 Å². The number of H-pyrrole nitrogens is 1. The van der Waals surface area contributed by atoms with E-state index in [1.54, 1.807) is 12.4 Å². The first kappa shape index (κ1) is 14.3. The number of nitrogens with one attached hydrogen (secondary N) is 1. The van der Waals surface area contributed by atoms with Gasteiger partial charge in [-0.1, -0.05) is 0 Å². The lowest BCUT2D eigenvalue weighted by atomic mass is 10.0. The van der Waals surface area contributed by atoms with Crippen molar-refractivity contribution in [3.63, 3.8) is 0 Å². The van der Waals surface area contributed by atoms with Gasteiger partial charge in [-0.05, 0) is 61.9 Å². The Kier molecular flexibility index (Phi) is 4.56. The average Bonchev–Trinajstić information content (AvgIpc) is 2.70. The van der Waals surface area contributed by atoms with Crippen LogP contribution in [-0.4, -0.2) is 21.0 Å². The summed E-state index contributed by atoms with van der Waals surface area (Å²) in [6.45, 7) is 4.09. The number of rotatable bonds is 6. The molecule has 0 amide bonds. The Labute approximate surface area is 118 Å².